The number of rotatable bonds is 6. The summed E-state index contributed by atoms with van der Waals surface area (Å²) < 4.78 is 5.61. The Labute approximate surface area is 324 Å². The van der Waals surface area contributed by atoms with Gasteiger partial charge in [0.15, 0.2) is 0 Å². The molecule has 0 bridgehead atoms. The molecule has 4 aromatic rings. The molecule has 6 heterocycles. The number of aryl methyl sites for hydroxylation is 2. The lowest BCUT2D eigenvalue weighted by Gasteiger charge is -2.59. The summed E-state index contributed by atoms with van der Waals surface area (Å²) in [5, 5.41) is 19.1. The van der Waals surface area contributed by atoms with Crippen molar-refractivity contribution in [2.75, 3.05) is 48.4 Å². The highest BCUT2D eigenvalue weighted by Gasteiger charge is 2.52. The van der Waals surface area contributed by atoms with E-state index in [1.807, 2.05) is 57.3 Å². The summed E-state index contributed by atoms with van der Waals surface area (Å²) >= 11 is 1.33. The van der Waals surface area contributed by atoms with Gasteiger partial charge in [-0.2, -0.15) is 5.26 Å². The number of likely N-dealkylation sites (tertiary alicyclic amines) is 1. The van der Waals surface area contributed by atoms with Gasteiger partial charge in [-0.05, 0) is 118 Å². The minimum Gasteiger partial charge on any atom is -0.381 e. The van der Waals surface area contributed by atoms with E-state index >= 15 is 0 Å². The Morgan fingerprint density at radius 2 is 1.75 bits per heavy atom. The molecule has 0 saturated carbocycles. The summed E-state index contributed by atoms with van der Waals surface area (Å²) in [6, 6.07) is 20.2. The number of para-hydroxylation sites is 1. The number of nitrogens with one attached hydrogen (secondary N) is 3. The summed E-state index contributed by atoms with van der Waals surface area (Å²) in [5.41, 5.74) is 7.03. The maximum Gasteiger partial charge on any atom is 0.265 e. The number of dihydropyridines is 1. The van der Waals surface area contributed by atoms with Gasteiger partial charge < -0.3 is 25.6 Å². The third-order valence-electron chi connectivity index (χ3n) is 11.4. The van der Waals surface area contributed by atoms with Crippen LogP contribution in [0.1, 0.15) is 69.1 Å². The molecule has 11 nitrogen and oxygen atoms in total. The van der Waals surface area contributed by atoms with Gasteiger partial charge in [0.05, 0.1) is 32.3 Å². The van der Waals surface area contributed by atoms with Gasteiger partial charge in [-0.15, -0.1) is 11.3 Å². The van der Waals surface area contributed by atoms with Crippen LogP contribution in [0.25, 0.3) is 10.6 Å². The number of ether oxygens (including phenoxy) is 1. The molecule has 3 N–H and O–H groups in total. The summed E-state index contributed by atoms with van der Waals surface area (Å²) in [6.07, 6.45) is 6.52. The number of hydrogen-bond acceptors (Lipinski definition) is 9. The molecule has 8 rings (SSSR count). The van der Waals surface area contributed by atoms with E-state index in [-0.39, 0.29) is 23.1 Å². The maximum absolute atomic E-state index is 14.2. The number of anilines is 3. The minimum atomic E-state index is -0.649. The molecule has 12 heteroatoms. The van der Waals surface area contributed by atoms with E-state index in [0.717, 1.165) is 66.4 Å². The average Bonchev–Trinajstić information content (AvgIpc) is 3.54. The number of thiophene rings is 1. The van der Waals surface area contributed by atoms with Crippen molar-refractivity contribution >= 4 is 46.1 Å². The number of allylic oxidation sites excluding steroid dienone is 2. The molecule has 4 aliphatic rings. The zero-order chi connectivity index (χ0) is 38.5. The zero-order valence-corrected chi connectivity index (χ0v) is 32.2. The van der Waals surface area contributed by atoms with Crippen LogP contribution < -0.4 is 20.9 Å². The zero-order valence-electron chi connectivity index (χ0n) is 31.4. The molecule has 2 aromatic carbocycles. The number of benzene rings is 2. The Kier molecular flexibility index (Phi) is 9.41. The van der Waals surface area contributed by atoms with Crippen LogP contribution in [-0.2, 0) is 16.0 Å². The van der Waals surface area contributed by atoms with E-state index in [4.69, 9.17) is 9.72 Å². The highest BCUT2D eigenvalue weighted by molar-refractivity contribution is 7.17. The van der Waals surface area contributed by atoms with Crippen molar-refractivity contribution in [1.82, 2.24) is 15.2 Å². The van der Waals surface area contributed by atoms with Crippen LogP contribution in [0.2, 0.25) is 0 Å². The SMILES string of the molecule is CC1=CNC(C)(N2CC3(CCOCC3)C2)C(C(=O)Nc2ccc(C(=O)N3CCc4cc(C(=O)Nc5c(C)cccc5C#N)sc4-c4nc(C)ccc43)cc2)=C1. The smallest absolute Gasteiger partial charge is 0.265 e. The number of nitriles is 1. The minimum absolute atomic E-state index is 0.186. The topological polar surface area (TPSA) is 140 Å². The first kappa shape index (κ1) is 36.4. The molecule has 4 aliphatic heterocycles. The Morgan fingerprint density at radius 1 is 0.982 bits per heavy atom. The van der Waals surface area contributed by atoms with Crippen molar-refractivity contribution in [3.63, 3.8) is 0 Å². The van der Waals surface area contributed by atoms with E-state index in [0.29, 0.717) is 57.3 Å². The molecule has 0 radical (unpaired) electrons. The second kappa shape index (κ2) is 14.2. The molecular weight excluding hydrogens is 711 g/mol. The van der Waals surface area contributed by atoms with Crippen LogP contribution in [0.15, 0.2) is 84.1 Å². The number of nitrogens with zero attached hydrogens (tertiary/aromatic N) is 4. The number of hydrogen-bond donors (Lipinski definition) is 3. The number of aromatic nitrogens is 1. The predicted molar refractivity (Wildman–Crippen MR) is 214 cm³/mol. The van der Waals surface area contributed by atoms with Crippen LogP contribution in [0.3, 0.4) is 0 Å². The third-order valence-corrected chi connectivity index (χ3v) is 12.6. The lowest BCUT2D eigenvalue weighted by molar-refractivity contribution is -0.127. The standard InChI is InChI=1S/C43H43N7O4S/c1-26-20-33(42(4,45-23-26)49-24-43(25-49)15-18-54-19-16-43)39(51)47-32-11-9-29(10-12-32)41(53)50-17-14-30-21-35(55-38(30)37-34(50)13-8-28(3)46-37)40(52)48-36-27(2)6-5-7-31(36)22-44/h5-13,20-21,23,45H,14-19,24-25H2,1-4H3,(H,47,51)(H,48,52). The second-order valence-electron chi connectivity index (χ2n) is 15.2. The van der Waals surface area contributed by atoms with E-state index in [1.54, 1.807) is 41.3 Å². The van der Waals surface area contributed by atoms with E-state index in [9.17, 15) is 19.6 Å². The fraction of sp³-hybridized carbons (Fsp3) is 0.326. The third kappa shape index (κ3) is 6.73. The van der Waals surface area contributed by atoms with Gasteiger partial charge in [-0.1, -0.05) is 12.1 Å². The van der Waals surface area contributed by atoms with Crippen LogP contribution in [0.4, 0.5) is 17.1 Å². The number of amides is 3. The van der Waals surface area contributed by atoms with Crippen molar-refractivity contribution in [3.05, 3.63) is 117 Å². The van der Waals surface area contributed by atoms with E-state index in [2.05, 4.69) is 33.8 Å². The fourth-order valence-corrected chi connectivity index (χ4v) is 9.17. The Balaban J connectivity index is 0.988. The molecule has 55 heavy (non-hydrogen) atoms. The molecule has 1 atom stereocenters. The first-order valence-corrected chi connectivity index (χ1v) is 19.4. The van der Waals surface area contributed by atoms with Gasteiger partial charge in [-0.25, -0.2) is 0 Å². The molecule has 280 valence electrons. The van der Waals surface area contributed by atoms with Crippen molar-refractivity contribution < 1.29 is 19.1 Å². The van der Waals surface area contributed by atoms with Crippen LogP contribution in [-0.4, -0.2) is 66.1 Å². The summed E-state index contributed by atoms with van der Waals surface area (Å²) in [7, 11) is 0. The quantitative estimate of drug-likeness (QED) is 0.192. The van der Waals surface area contributed by atoms with Crippen molar-refractivity contribution in [2.24, 2.45) is 5.41 Å². The molecule has 0 aliphatic carbocycles. The van der Waals surface area contributed by atoms with Gasteiger partial charge >= 0.3 is 0 Å². The number of fused-ring (bicyclic) bond motifs is 3. The van der Waals surface area contributed by atoms with Gasteiger partial charge in [0.25, 0.3) is 17.7 Å². The van der Waals surface area contributed by atoms with Crippen molar-refractivity contribution in [2.45, 2.75) is 52.6 Å². The lowest BCUT2D eigenvalue weighted by atomic mass is 9.71. The second-order valence-corrected chi connectivity index (χ2v) is 16.3. The van der Waals surface area contributed by atoms with Crippen LogP contribution in [0.5, 0.6) is 0 Å². The van der Waals surface area contributed by atoms with Crippen LogP contribution >= 0.6 is 11.3 Å². The number of pyridine rings is 1. The van der Waals surface area contributed by atoms with Gasteiger partial charge in [0.2, 0.25) is 0 Å². The summed E-state index contributed by atoms with van der Waals surface area (Å²) in [4.78, 5) is 51.8. The normalized spacial score (nSPS) is 20.0. The van der Waals surface area contributed by atoms with E-state index in [1.165, 1.54) is 11.3 Å². The molecule has 2 aromatic heterocycles. The summed E-state index contributed by atoms with van der Waals surface area (Å²) in [5.74, 6) is -0.677. The Hall–Kier alpha value is -5.61. The molecule has 1 spiro atoms. The highest BCUT2D eigenvalue weighted by Crippen LogP contribution is 2.45. The van der Waals surface area contributed by atoms with Crippen molar-refractivity contribution in [3.8, 4) is 16.6 Å². The van der Waals surface area contributed by atoms with E-state index < -0.39 is 5.66 Å². The average molecular weight is 754 g/mol. The summed E-state index contributed by atoms with van der Waals surface area (Å²) in [6.45, 7) is 11.6. The van der Waals surface area contributed by atoms with Gasteiger partial charge in [0, 0.05) is 61.4 Å². The molecule has 2 saturated heterocycles. The highest BCUT2D eigenvalue weighted by atomic mass is 32.1. The van der Waals surface area contributed by atoms with Gasteiger partial charge in [-0.3, -0.25) is 24.3 Å². The maximum atomic E-state index is 14.2. The monoisotopic (exact) mass is 753 g/mol. The molecule has 1 unspecified atom stereocenters. The molecular formula is C43H43N7O4S. The first-order valence-electron chi connectivity index (χ1n) is 18.6. The molecule has 3 amide bonds. The van der Waals surface area contributed by atoms with Crippen LogP contribution in [0, 0.1) is 30.6 Å². The Bertz CT molecular complexity index is 2320. The number of carbonyl (C=O) groups is 3. The predicted octanol–water partition coefficient (Wildman–Crippen LogP) is 6.95. The fourth-order valence-electron chi connectivity index (χ4n) is 8.07. The largest absolute Gasteiger partial charge is 0.381 e. The molecule has 2 fully saturated rings. The van der Waals surface area contributed by atoms with Gasteiger partial charge in [0.1, 0.15) is 17.4 Å². The Morgan fingerprint density at radius 3 is 2.49 bits per heavy atom. The lowest BCUT2D eigenvalue weighted by Crippen LogP contribution is -2.71. The number of carbonyl (C=O) groups excluding carboxylic acids is 3. The first-order chi connectivity index (χ1) is 26.5. The van der Waals surface area contributed by atoms with Crippen molar-refractivity contribution in [1.29, 1.82) is 5.26 Å².